The van der Waals surface area contributed by atoms with Crippen LogP contribution in [0.25, 0.3) is 89.7 Å². The minimum atomic E-state index is -4.57. The molecule has 29 nitrogen and oxygen atoms in total. The molecule has 47 heteroatoms. The number of nitrogens with one attached hydrogen (secondary N) is 9. The van der Waals surface area contributed by atoms with Gasteiger partial charge in [-0.1, -0.05) is 34.8 Å². The van der Waals surface area contributed by atoms with E-state index in [2.05, 4.69) is 85.1 Å². The number of fused-ring (bicyclic) bond motifs is 4. The number of halogens is 18. The zero-order chi connectivity index (χ0) is 87.2. The van der Waals surface area contributed by atoms with Gasteiger partial charge in [0.05, 0.1) is 39.8 Å². The number of nitrogens with zero attached hydrogens (tertiary/aromatic N) is 15. The molecule has 13 heterocycles. The molecule has 1 fully saturated rings. The van der Waals surface area contributed by atoms with Gasteiger partial charge in [-0.2, -0.15) is 52.7 Å². The van der Waals surface area contributed by atoms with E-state index < -0.39 is 121 Å². The maximum absolute atomic E-state index is 14.7. The molecule has 0 aliphatic carbocycles. The normalized spacial score (nSPS) is 14.1. The molecule has 1 aliphatic rings. The molecule has 12 aromatic heterocycles. The van der Waals surface area contributed by atoms with Gasteiger partial charge in [0, 0.05) is 144 Å². The quantitative estimate of drug-likeness (QED) is 0.0320. The number of rotatable bonds is 20. The first-order valence-corrected chi connectivity index (χ1v) is 35.9. The number of ether oxygens (including phenoxy) is 1. The number of carbonyl (C=O) groups is 4. The summed E-state index contributed by atoms with van der Waals surface area (Å²) in [6.07, 6.45) is -1.85. The average molecular weight is 1750 g/mol. The molecule has 0 saturated carbocycles. The number of aromatic nitrogens is 16. The number of carbonyl (C=O) groups excluding carboxylic acids is 4. The Hall–Kier alpha value is -12.1. The van der Waals surface area contributed by atoms with Gasteiger partial charge in [-0.05, 0) is 77.9 Å². The smallest absolute Gasteiger partial charge is 0.380 e. The topological polar surface area (TPSA) is 365 Å². The molecule has 0 aromatic carbocycles. The van der Waals surface area contributed by atoms with Crippen LogP contribution < -0.4 is 41.3 Å². The molecule has 4 amide bonds. The Morgan fingerprint density at radius 2 is 0.891 bits per heavy atom. The number of H-pyrrole nitrogens is 4. The third-order valence-electron chi connectivity index (χ3n) is 18.1. The number of amides is 4. The van der Waals surface area contributed by atoms with Crippen LogP contribution in [0, 0.1) is 17.5 Å². The number of aromatic amines is 4. The zero-order valence-electron chi connectivity index (χ0n) is 63.3. The van der Waals surface area contributed by atoms with Gasteiger partial charge in [0.25, 0.3) is 0 Å². The Labute approximate surface area is 688 Å². The number of likely N-dealkylation sites (N-methyl/N-ethyl adjacent to an activating group) is 2. The number of methoxy groups -OCH3 is 1. The molecule has 0 unspecified atom stereocenters. The van der Waals surface area contributed by atoms with E-state index in [0.717, 1.165) is 28.9 Å². The number of alkyl halides is 12. The SMILES string of the molecule is CC(C)(Nc1ccnc(-c2c[nH]c3ncc(F)cc23)n1)C(=O)NCC(F)(F)F.CN(c1ccnc(-c2c[nH]c3ncc(Cl)cc23)n1)C(C)(C)C(=O)NCC(F)(F)F.CN(c1nc(-c2c[nH]c3ncc(Cl)cc23)ncc1F)C(C)(C)C(=O)NCC(F)(F)F.CO[C@@H]1C[C@H](C(=O)NCC(F)(F)F)N(c2nc(-c3c[nH]c4ncc(Cl)cc34)ncc2F)C1.[HH].[HH].[HH].[HH].[HH].[HH].[HH]. The average Bonchev–Trinajstić information content (AvgIpc) is 1.70. The third kappa shape index (κ3) is 22.2. The minimum Gasteiger partial charge on any atom is -0.380 e. The van der Waals surface area contributed by atoms with Gasteiger partial charge in [0.1, 0.15) is 88.9 Å². The van der Waals surface area contributed by atoms with E-state index in [9.17, 15) is 85.0 Å². The van der Waals surface area contributed by atoms with E-state index in [4.69, 9.17) is 39.5 Å². The summed E-state index contributed by atoms with van der Waals surface area (Å²) >= 11 is 18.0. The van der Waals surface area contributed by atoms with Crippen molar-refractivity contribution in [2.45, 2.75) is 101 Å². The fourth-order valence-corrected chi connectivity index (χ4v) is 11.9. The van der Waals surface area contributed by atoms with Gasteiger partial charge < -0.3 is 66.0 Å². The molecule has 13 rings (SSSR count). The Balaban J connectivity index is 0.000000426. The van der Waals surface area contributed by atoms with Crippen LogP contribution in [0.3, 0.4) is 0 Å². The molecule has 2 atom stereocenters. The predicted octanol–water partition coefficient (Wildman–Crippen LogP) is 15.1. The van der Waals surface area contributed by atoms with Crippen molar-refractivity contribution in [3.8, 4) is 45.6 Å². The zero-order valence-corrected chi connectivity index (χ0v) is 65.6. The van der Waals surface area contributed by atoms with Crippen LogP contribution in [0.2, 0.25) is 15.1 Å². The van der Waals surface area contributed by atoms with Crippen LogP contribution in [0.1, 0.15) is 57.9 Å². The summed E-state index contributed by atoms with van der Waals surface area (Å²) in [5.41, 5.74) is 0.0346. The lowest BCUT2D eigenvalue weighted by Gasteiger charge is -2.35. The van der Waals surface area contributed by atoms with E-state index in [1.54, 1.807) is 61.4 Å². The van der Waals surface area contributed by atoms with Crippen molar-refractivity contribution in [3.05, 3.63) is 143 Å². The molecule has 1 aliphatic heterocycles. The highest BCUT2D eigenvalue weighted by Gasteiger charge is 2.43. The molecule has 0 radical (unpaired) electrons. The van der Waals surface area contributed by atoms with E-state index >= 15 is 0 Å². The molecule has 9 N–H and O–H groups in total. The Morgan fingerprint density at radius 1 is 0.496 bits per heavy atom. The standard InChI is InChI=1S/C19H17ClF4N6O2.C18H17ClF4N6O.C18H18ClF3N6O.C17H16F4N6O.7H2/c1-32-10-3-14(18(31)28-8-19(22,23)24)30(7-10)17-13(21)6-27-16(29-17)12-5-26-15-11(12)2-9(20)4-25-15;1-17(2,16(30)27-8-18(21,22)23)29(3)15-12(20)7-26-14(28-15)11-6-25-13-10(11)4-9(19)5-24-13;1-17(2,16(29)26-9-18(20,21)22)28(3)13-4-5-23-15(27-13)12-8-25-14-11(12)6-10(19)7-24-14;1-16(2,15(28)25-8-17(19,20)21)27-12-3-4-22-14(26-12)11-7-24-13-10(11)5-9(18)6-23-13;;;;;;;/h2,4-6,10,14H,3,7-8H2,1H3,(H,25,26)(H,28,31);4-7H,8H2,1-3H3,(H,24,25)(H,27,30);4-8H,9H2,1-3H3,(H,24,25)(H,26,29);3-7H,8H2,1-2H3,(H,23,24)(H,25,28)(H,22,26,27);7*1H/t10-,14-;;;;;;;;;;/m1........../s1. The first-order chi connectivity index (χ1) is 55.6. The maximum Gasteiger partial charge on any atom is 0.405 e. The largest absolute Gasteiger partial charge is 0.405 e. The van der Waals surface area contributed by atoms with E-state index in [1.165, 1.54) is 109 Å². The first-order valence-electron chi connectivity index (χ1n) is 34.8. The van der Waals surface area contributed by atoms with Crippen molar-refractivity contribution in [2.75, 3.05) is 73.9 Å². The van der Waals surface area contributed by atoms with Crippen LogP contribution in [0.4, 0.5) is 89.1 Å². The van der Waals surface area contributed by atoms with Crippen molar-refractivity contribution < 1.29 is 99.8 Å². The van der Waals surface area contributed by atoms with Gasteiger partial charge in [0.15, 0.2) is 46.6 Å². The molecule has 1 saturated heterocycles. The first kappa shape index (κ1) is 89.3. The Kier molecular flexibility index (Phi) is 26.7. The number of anilines is 4. The minimum absolute atomic E-state index is 0. The molecular formula is C72H82Cl3F15N24O5. The number of hydrogen-bond donors (Lipinski definition) is 9. The van der Waals surface area contributed by atoms with Crippen molar-refractivity contribution in [3.63, 3.8) is 0 Å². The van der Waals surface area contributed by atoms with Crippen molar-refractivity contribution in [2.24, 2.45) is 0 Å². The highest BCUT2D eigenvalue weighted by Crippen LogP contribution is 2.37. The summed E-state index contributed by atoms with van der Waals surface area (Å²) in [4.78, 5) is 115. The molecule has 0 bridgehead atoms. The van der Waals surface area contributed by atoms with Gasteiger partial charge in [-0.15, -0.1) is 0 Å². The van der Waals surface area contributed by atoms with Gasteiger partial charge in [-0.3, -0.25) is 19.2 Å². The van der Waals surface area contributed by atoms with Gasteiger partial charge >= 0.3 is 24.7 Å². The molecule has 119 heavy (non-hydrogen) atoms. The van der Waals surface area contributed by atoms with E-state index in [0.29, 0.717) is 87.7 Å². The fraction of sp³-hybridized carbons (Fsp3) is 0.333. The second kappa shape index (κ2) is 35.6. The summed E-state index contributed by atoms with van der Waals surface area (Å²) in [7, 11) is 4.34. The second-order valence-electron chi connectivity index (χ2n) is 27.7. The lowest BCUT2D eigenvalue weighted by Crippen LogP contribution is -2.55. The number of pyridine rings is 4. The third-order valence-corrected chi connectivity index (χ3v) is 18.8. The maximum atomic E-state index is 14.7. The molecular weight excluding hydrogens is 1670 g/mol. The van der Waals surface area contributed by atoms with E-state index in [-0.39, 0.29) is 57.9 Å². The van der Waals surface area contributed by atoms with Crippen molar-refractivity contribution in [1.82, 2.24) is 101 Å². The summed E-state index contributed by atoms with van der Waals surface area (Å²) in [6.45, 7) is 2.82. The summed E-state index contributed by atoms with van der Waals surface area (Å²) in [5.74, 6) is -4.68. The molecule has 646 valence electrons. The lowest BCUT2D eigenvalue weighted by molar-refractivity contribution is -0.140. The Bertz CT molecular complexity index is 5720. The van der Waals surface area contributed by atoms with Crippen molar-refractivity contribution in [1.29, 1.82) is 0 Å². The van der Waals surface area contributed by atoms with Crippen LogP contribution in [-0.4, -0.2) is 211 Å². The van der Waals surface area contributed by atoms with Gasteiger partial charge in [0.2, 0.25) is 23.6 Å². The van der Waals surface area contributed by atoms with Gasteiger partial charge in [-0.25, -0.2) is 73.0 Å². The molecule has 12 aromatic rings. The predicted molar refractivity (Wildman–Crippen MR) is 424 cm³/mol. The van der Waals surface area contributed by atoms with Crippen LogP contribution in [0.15, 0.2) is 111 Å². The van der Waals surface area contributed by atoms with Crippen LogP contribution >= 0.6 is 34.8 Å². The second-order valence-corrected chi connectivity index (χ2v) is 29.0. The van der Waals surface area contributed by atoms with Crippen molar-refractivity contribution >= 4 is 126 Å². The molecule has 0 spiro atoms. The van der Waals surface area contributed by atoms with E-state index in [1.807, 2.05) is 16.0 Å². The monoisotopic (exact) mass is 1750 g/mol. The highest BCUT2D eigenvalue weighted by atomic mass is 35.5. The fourth-order valence-electron chi connectivity index (χ4n) is 11.5. The summed E-state index contributed by atoms with van der Waals surface area (Å²) in [6, 6.07) is 8.24. The summed E-state index contributed by atoms with van der Waals surface area (Å²) in [5, 5.41) is 13.8. The lowest BCUT2D eigenvalue weighted by atomic mass is 10.0. The highest BCUT2D eigenvalue weighted by molar-refractivity contribution is 6.32. The van der Waals surface area contributed by atoms with Crippen LogP contribution in [-0.2, 0) is 23.9 Å². The van der Waals surface area contributed by atoms with Crippen LogP contribution in [0.5, 0.6) is 0 Å². The Morgan fingerprint density at radius 3 is 1.35 bits per heavy atom. The summed E-state index contributed by atoms with van der Waals surface area (Å²) < 4.78 is 197. The number of hydrogen-bond acceptors (Lipinski definition) is 21.